The van der Waals surface area contributed by atoms with Gasteiger partial charge in [-0.1, -0.05) is 12.1 Å². The average molecular weight is 420 g/mol. The standard InChI is InChI=1S/C21H29N3O4S/c1-24(2)17(19-10-7-12-28-19)14-22-21(26)16(11-13-29-4)23-20(25)15-8-5-6-9-18(15)27-3/h5-10,12,16-17H,11,13-14H2,1-4H3,(H,22,26)(H,23,25)/t16-,17+/m0/s1. The van der Waals surface area contributed by atoms with Crippen LogP contribution in [0.1, 0.15) is 28.6 Å². The fraction of sp³-hybridized carbons (Fsp3) is 0.429. The van der Waals surface area contributed by atoms with Gasteiger partial charge in [-0.2, -0.15) is 11.8 Å². The maximum atomic E-state index is 12.9. The Morgan fingerprint density at radius 2 is 1.97 bits per heavy atom. The summed E-state index contributed by atoms with van der Waals surface area (Å²) in [6, 6.07) is 9.92. The van der Waals surface area contributed by atoms with Gasteiger partial charge in [0.05, 0.1) is 25.0 Å². The molecule has 0 saturated carbocycles. The van der Waals surface area contributed by atoms with Gasteiger partial charge >= 0.3 is 0 Å². The molecule has 2 atom stereocenters. The van der Waals surface area contributed by atoms with Crippen molar-refractivity contribution < 1.29 is 18.7 Å². The van der Waals surface area contributed by atoms with Crippen molar-refractivity contribution in [3.05, 3.63) is 54.0 Å². The molecule has 0 spiro atoms. The normalized spacial score (nSPS) is 13.0. The molecule has 2 rings (SSSR count). The lowest BCUT2D eigenvalue weighted by Gasteiger charge is -2.24. The van der Waals surface area contributed by atoms with Crippen molar-refractivity contribution in [2.75, 3.05) is 39.8 Å². The minimum absolute atomic E-state index is 0.0972. The minimum atomic E-state index is -0.640. The fourth-order valence-corrected chi connectivity index (χ4v) is 3.38. The molecule has 0 radical (unpaired) electrons. The molecule has 1 heterocycles. The number of rotatable bonds is 11. The number of thioether (sulfide) groups is 1. The van der Waals surface area contributed by atoms with Crippen molar-refractivity contribution in [1.82, 2.24) is 15.5 Å². The van der Waals surface area contributed by atoms with Gasteiger partial charge in [0.1, 0.15) is 17.6 Å². The largest absolute Gasteiger partial charge is 0.496 e. The molecule has 0 fully saturated rings. The van der Waals surface area contributed by atoms with Crippen LogP contribution in [0, 0.1) is 0 Å². The van der Waals surface area contributed by atoms with E-state index in [4.69, 9.17) is 9.15 Å². The van der Waals surface area contributed by atoms with Crippen molar-refractivity contribution >= 4 is 23.6 Å². The van der Waals surface area contributed by atoms with Crippen LogP contribution in [0.2, 0.25) is 0 Å². The molecule has 0 aliphatic heterocycles. The van der Waals surface area contributed by atoms with Gasteiger partial charge in [0, 0.05) is 6.54 Å². The molecule has 1 aromatic carbocycles. The van der Waals surface area contributed by atoms with Crippen LogP contribution in [0.15, 0.2) is 47.1 Å². The van der Waals surface area contributed by atoms with E-state index in [9.17, 15) is 9.59 Å². The van der Waals surface area contributed by atoms with Crippen LogP contribution >= 0.6 is 11.8 Å². The first-order valence-electron chi connectivity index (χ1n) is 9.38. The summed E-state index contributed by atoms with van der Waals surface area (Å²) in [7, 11) is 5.36. The number of methoxy groups -OCH3 is 1. The van der Waals surface area contributed by atoms with Gasteiger partial charge in [0.15, 0.2) is 0 Å². The zero-order valence-electron chi connectivity index (χ0n) is 17.3. The highest BCUT2D eigenvalue weighted by molar-refractivity contribution is 7.98. The van der Waals surface area contributed by atoms with E-state index in [0.29, 0.717) is 24.3 Å². The van der Waals surface area contributed by atoms with Gasteiger partial charge < -0.3 is 19.8 Å². The van der Waals surface area contributed by atoms with Crippen molar-refractivity contribution in [3.63, 3.8) is 0 Å². The molecule has 0 aliphatic carbocycles. The highest BCUT2D eigenvalue weighted by Gasteiger charge is 2.24. The van der Waals surface area contributed by atoms with E-state index >= 15 is 0 Å². The summed E-state index contributed by atoms with van der Waals surface area (Å²) < 4.78 is 10.7. The Hall–Kier alpha value is -2.45. The molecule has 8 heteroatoms. The summed E-state index contributed by atoms with van der Waals surface area (Å²) in [4.78, 5) is 27.6. The van der Waals surface area contributed by atoms with Gasteiger partial charge in [0.25, 0.3) is 5.91 Å². The third kappa shape index (κ3) is 6.54. The minimum Gasteiger partial charge on any atom is -0.496 e. The Morgan fingerprint density at radius 3 is 2.59 bits per heavy atom. The van der Waals surface area contributed by atoms with Crippen LogP contribution in [-0.4, -0.2) is 62.5 Å². The first kappa shape index (κ1) is 22.8. The third-order valence-corrected chi connectivity index (χ3v) is 5.19. The number of furan rings is 1. The zero-order chi connectivity index (χ0) is 21.2. The van der Waals surface area contributed by atoms with Gasteiger partial charge in [-0.25, -0.2) is 0 Å². The van der Waals surface area contributed by atoms with Crippen LogP contribution < -0.4 is 15.4 Å². The SMILES string of the molecule is COc1ccccc1C(=O)N[C@@H](CCSC)C(=O)NC[C@H](c1ccco1)N(C)C. The van der Waals surface area contributed by atoms with E-state index in [1.807, 2.05) is 37.4 Å². The molecule has 0 saturated heterocycles. The molecule has 0 unspecified atom stereocenters. The molecule has 158 valence electrons. The number of para-hydroxylation sites is 1. The summed E-state index contributed by atoms with van der Waals surface area (Å²) in [5.74, 6) is 1.44. The lowest BCUT2D eigenvalue weighted by Crippen LogP contribution is -2.48. The van der Waals surface area contributed by atoms with E-state index in [-0.39, 0.29) is 17.9 Å². The Labute approximate surface area is 176 Å². The van der Waals surface area contributed by atoms with Crippen LogP contribution in [-0.2, 0) is 4.79 Å². The molecule has 2 amide bonds. The fourth-order valence-electron chi connectivity index (χ4n) is 2.91. The number of carbonyl (C=O) groups excluding carboxylic acids is 2. The summed E-state index contributed by atoms with van der Waals surface area (Å²) in [5, 5.41) is 5.80. The topological polar surface area (TPSA) is 83.8 Å². The number of likely N-dealkylation sites (N-methyl/N-ethyl adjacent to an activating group) is 1. The molecular formula is C21H29N3O4S. The molecule has 1 aromatic heterocycles. The highest BCUT2D eigenvalue weighted by Crippen LogP contribution is 2.19. The second-order valence-electron chi connectivity index (χ2n) is 6.75. The van der Waals surface area contributed by atoms with Crippen molar-refractivity contribution in [3.8, 4) is 5.75 Å². The third-order valence-electron chi connectivity index (χ3n) is 4.55. The second kappa shape index (κ2) is 11.5. The Kier molecular flexibility index (Phi) is 9.08. The van der Waals surface area contributed by atoms with E-state index in [2.05, 4.69) is 10.6 Å². The number of ether oxygens (including phenoxy) is 1. The summed E-state index contributed by atoms with van der Waals surface area (Å²) in [6.45, 7) is 0.375. The molecular weight excluding hydrogens is 390 g/mol. The number of amides is 2. The van der Waals surface area contributed by atoms with Crippen molar-refractivity contribution in [1.29, 1.82) is 0 Å². The van der Waals surface area contributed by atoms with Crippen molar-refractivity contribution in [2.24, 2.45) is 0 Å². The van der Waals surface area contributed by atoms with Gasteiger partial charge in [-0.05, 0) is 56.8 Å². The summed E-state index contributed by atoms with van der Waals surface area (Å²) >= 11 is 1.63. The maximum absolute atomic E-state index is 12.9. The number of carbonyl (C=O) groups is 2. The predicted octanol–water partition coefficient (Wildman–Crippen LogP) is 2.56. The van der Waals surface area contributed by atoms with Gasteiger partial charge in [-0.3, -0.25) is 14.5 Å². The number of hydrogen-bond donors (Lipinski definition) is 2. The number of benzene rings is 1. The van der Waals surface area contributed by atoms with E-state index < -0.39 is 6.04 Å². The molecule has 29 heavy (non-hydrogen) atoms. The Balaban J connectivity index is 2.06. The highest BCUT2D eigenvalue weighted by atomic mass is 32.2. The monoisotopic (exact) mass is 419 g/mol. The summed E-state index contributed by atoms with van der Waals surface area (Å²) in [6.07, 6.45) is 4.11. The van der Waals surface area contributed by atoms with Gasteiger partial charge in [0.2, 0.25) is 5.91 Å². The van der Waals surface area contributed by atoms with E-state index in [0.717, 1.165) is 11.5 Å². The van der Waals surface area contributed by atoms with Crippen LogP contribution in [0.3, 0.4) is 0 Å². The molecule has 2 aromatic rings. The second-order valence-corrected chi connectivity index (χ2v) is 7.73. The first-order chi connectivity index (χ1) is 14.0. The van der Waals surface area contributed by atoms with E-state index in [1.54, 1.807) is 42.3 Å². The number of nitrogens with one attached hydrogen (secondary N) is 2. The molecule has 0 aliphatic rings. The summed E-state index contributed by atoms with van der Waals surface area (Å²) in [5.41, 5.74) is 0.402. The lowest BCUT2D eigenvalue weighted by molar-refractivity contribution is -0.123. The van der Waals surface area contributed by atoms with E-state index in [1.165, 1.54) is 7.11 Å². The number of hydrogen-bond acceptors (Lipinski definition) is 6. The number of nitrogens with zero attached hydrogens (tertiary/aromatic N) is 1. The Bertz CT molecular complexity index is 780. The average Bonchev–Trinajstić information content (AvgIpc) is 3.25. The lowest BCUT2D eigenvalue weighted by atomic mass is 10.1. The van der Waals surface area contributed by atoms with Crippen LogP contribution in [0.4, 0.5) is 0 Å². The predicted molar refractivity (Wildman–Crippen MR) is 115 cm³/mol. The van der Waals surface area contributed by atoms with Gasteiger partial charge in [-0.15, -0.1) is 0 Å². The molecule has 0 bridgehead atoms. The van der Waals surface area contributed by atoms with Crippen molar-refractivity contribution in [2.45, 2.75) is 18.5 Å². The smallest absolute Gasteiger partial charge is 0.255 e. The quantitative estimate of drug-likeness (QED) is 0.582. The molecule has 2 N–H and O–H groups in total. The Morgan fingerprint density at radius 1 is 1.21 bits per heavy atom. The maximum Gasteiger partial charge on any atom is 0.255 e. The first-order valence-corrected chi connectivity index (χ1v) is 10.8. The zero-order valence-corrected chi connectivity index (χ0v) is 18.1. The van der Waals surface area contributed by atoms with Crippen LogP contribution in [0.5, 0.6) is 5.75 Å². The van der Waals surface area contributed by atoms with Crippen LogP contribution in [0.25, 0.3) is 0 Å². The molecule has 7 nitrogen and oxygen atoms in total.